The maximum Gasteiger partial charge on any atom is 0.326 e. The van der Waals surface area contributed by atoms with Crippen LogP contribution in [0.15, 0.2) is 0 Å². The Morgan fingerprint density at radius 1 is 1.40 bits per heavy atom. The van der Waals surface area contributed by atoms with Crippen LogP contribution in [0.3, 0.4) is 0 Å². The van der Waals surface area contributed by atoms with Crippen molar-refractivity contribution in [2.24, 2.45) is 17.3 Å². The lowest BCUT2D eigenvalue weighted by atomic mass is 9.73. The van der Waals surface area contributed by atoms with E-state index in [1.54, 1.807) is 6.92 Å². The molecule has 0 bridgehead atoms. The summed E-state index contributed by atoms with van der Waals surface area (Å²) >= 11 is 0. The summed E-state index contributed by atoms with van der Waals surface area (Å²) < 4.78 is 5.00. The molecule has 3 heteroatoms. The van der Waals surface area contributed by atoms with Crippen molar-refractivity contribution in [2.45, 2.75) is 41.0 Å². The zero-order valence-corrected chi connectivity index (χ0v) is 10.3. The number of hydrogen-bond acceptors (Lipinski definition) is 3. The van der Waals surface area contributed by atoms with E-state index < -0.39 is 5.41 Å². The van der Waals surface area contributed by atoms with Gasteiger partial charge in [-0.3, -0.25) is 4.79 Å². The van der Waals surface area contributed by atoms with E-state index in [1.165, 1.54) is 0 Å². The summed E-state index contributed by atoms with van der Waals surface area (Å²) in [4.78, 5) is 11.8. The van der Waals surface area contributed by atoms with Crippen molar-refractivity contribution >= 4 is 5.97 Å². The zero-order valence-electron chi connectivity index (χ0n) is 10.3. The quantitative estimate of drug-likeness (QED) is 0.657. The molecule has 0 aliphatic heterocycles. The van der Waals surface area contributed by atoms with E-state index in [9.17, 15) is 10.1 Å². The van der Waals surface area contributed by atoms with Crippen LogP contribution in [0.5, 0.6) is 0 Å². The molecule has 0 amide bonds. The predicted molar refractivity (Wildman–Crippen MR) is 59.0 cm³/mol. The number of nitrogens with zero attached hydrogens (tertiary/aromatic N) is 1. The van der Waals surface area contributed by atoms with Crippen LogP contribution in [0, 0.1) is 28.6 Å². The van der Waals surface area contributed by atoms with Gasteiger partial charge in [-0.2, -0.15) is 5.26 Å². The number of esters is 1. The molecule has 0 aliphatic carbocycles. The molecule has 0 saturated carbocycles. The van der Waals surface area contributed by atoms with E-state index in [0.29, 0.717) is 18.9 Å². The van der Waals surface area contributed by atoms with Gasteiger partial charge in [-0.15, -0.1) is 0 Å². The standard InChI is InChI=1S/C12H21NO2/c1-6-15-11(14)12(8-13,10(4)5)7-9(2)3/h9-10H,6-7H2,1-5H3. The number of hydrogen-bond donors (Lipinski definition) is 0. The van der Waals surface area contributed by atoms with Gasteiger partial charge in [0, 0.05) is 0 Å². The van der Waals surface area contributed by atoms with Gasteiger partial charge in [-0.05, 0) is 25.2 Å². The monoisotopic (exact) mass is 211 g/mol. The second-order valence-electron chi connectivity index (χ2n) is 4.56. The first kappa shape index (κ1) is 14.0. The first-order valence-corrected chi connectivity index (χ1v) is 5.49. The fraction of sp³-hybridized carbons (Fsp3) is 0.833. The highest BCUT2D eigenvalue weighted by atomic mass is 16.5. The van der Waals surface area contributed by atoms with E-state index in [0.717, 1.165) is 0 Å². The van der Waals surface area contributed by atoms with E-state index >= 15 is 0 Å². The smallest absolute Gasteiger partial charge is 0.326 e. The molecule has 0 rings (SSSR count). The second kappa shape index (κ2) is 5.75. The molecule has 0 heterocycles. The third-order valence-electron chi connectivity index (χ3n) is 2.56. The zero-order chi connectivity index (χ0) is 12.1. The van der Waals surface area contributed by atoms with E-state index in [4.69, 9.17) is 4.74 Å². The molecule has 0 aromatic rings. The van der Waals surface area contributed by atoms with Gasteiger partial charge < -0.3 is 4.74 Å². The highest BCUT2D eigenvalue weighted by Crippen LogP contribution is 2.35. The van der Waals surface area contributed by atoms with Crippen LogP contribution >= 0.6 is 0 Å². The molecule has 0 aromatic heterocycles. The minimum Gasteiger partial charge on any atom is -0.465 e. The summed E-state index contributed by atoms with van der Waals surface area (Å²) in [6.07, 6.45) is 0.556. The van der Waals surface area contributed by atoms with E-state index in [-0.39, 0.29) is 11.9 Å². The van der Waals surface area contributed by atoms with Crippen LogP contribution in [0.1, 0.15) is 41.0 Å². The van der Waals surface area contributed by atoms with Gasteiger partial charge >= 0.3 is 5.97 Å². The summed E-state index contributed by atoms with van der Waals surface area (Å²) in [7, 11) is 0. The van der Waals surface area contributed by atoms with Crippen molar-refractivity contribution in [1.82, 2.24) is 0 Å². The summed E-state index contributed by atoms with van der Waals surface area (Å²) in [5.41, 5.74) is -0.982. The Hall–Kier alpha value is -1.04. The fourth-order valence-corrected chi connectivity index (χ4v) is 1.68. The van der Waals surface area contributed by atoms with Crippen LogP contribution in [-0.2, 0) is 9.53 Å². The first-order chi connectivity index (χ1) is 6.90. The average molecular weight is 211 g/mol. The van der Waals surface area contributed by atoms with Crippen molar-refractivity contribution in [1.29, 1.82) is 5.26 Å². The highest BCUT2D eigenvalue weighted by molar-refractivity contribution is 5.80. The highest BCUT2D eigenvalue weighted by Gasteiger charge is 2.43. The molecule has 0 radical (unpaired) electrons. The van der Waals surface area contributed by atoms with Crippen LogP contribution < -0.4 is 0 Å². The maximum absolute atomic E-state index is 11.8. The second-order valence-corrected chi connectivity index (χ2v) is 4.56. The molecular weight excluding hydrogens is 190 g/mol. The minimum absolute atomic E-state index is 0.0241. The van der Waals surface area contributed by atoms with Crippen molar-refractivity contribution in [3.8, 4) is 6.07 Å². The number of carbonyl (C=O) groups excluding carboxylic acids is 1. The fourth-order valence-electron chi connectivity index (χ4n) is 1.68. The molecule has 0 aliphatic rings. The number of ether oxygens (including phenoxy) is 1. The van der Waals surface area contributed by atoms with Gasteiger partial charge in [0.25, 0.3) is 0 Å². The Morgan fingerprint density at radius 3 is 2.20 bits per heavy atom. The summed E-state index contributed by atoms with van der Waals surface area (Å²) in [5.74, 6) is -0.100. The molecular formula is C12H21NO2. The maximum atomic E-state index is 11.8. The van der Waals surface area contributed by atoms with Crippen molar-refractivity contribution in [2.75, 3.05) is 6.61 Å². The number of carbonyl (C=O) groups is 1. The Bertz CT molecular complexity index is 253. The average Bonchev–Trinajstić information content (AvgIpc) is 2.13. The molecule has 0 N–H and O–H groups in total. The SMILES string of the molecule is CCOC(=O)C(C#N)(CC(C)C)C(C)C. The Labute approximate surface area is 92.4 Å². The number of nitriles is 1. The van der Waals surface area contributed by atoms with Crippen LogP contribution in [0.25, 0.3) is 0 Å². The molecule has 1 unspecified atom stereocenters. The van der Waals surface area contributed by atoms with Crippen LogP contribution in [0.4, 0.5) is 0 Å². The minimum atomic E-state index is -0.982. The van der Waals surface area contributed by atoms with Crippen LogP contribution in [-0.4, -0.2) is 12.6 Å². The summed E-state index contributed by atoms with van der Waals surface area (Å²) in [5, 5.41) is 9.24. The van der Waals surface area contributed by atoms with Gasteiger partial charge in [0.2, 0.25) is 0 Å². The summed E-state index contributed by atoms with van der Waals surface area (Å²) in [6, 6.07) is 2.16. The molecule has 0 aromatic carbocycles. The number of rotatable bonds is 5. The topological polar surface area (TPSA) is 50.1 Å². The van der Waals surface area contributed by atoms with Gasteiger partial charge in [0.15, 0.2) is 5.41 Å². The molecule has 1 atom stereocenters. The third kappa shape index (κ3) is 3.23. The van der Waals surface area contributed by atoms with E-state index in [1.807, 2.05) is 27.7 Å². The normalized spacial score (nSPS) is 14.8. The molecule has 0 saturated heterocycles. The van der Waals surface area contributed by atoms with Gasteiger partial charge in [0.1, 0.15) is 0 Å². The van der Waals surface area contributed by atoms with Crippen molar-refractivity contribution < 1.29 is 9.53 Å². The molecule has 15 heavy (non-hydrogen) atoms. The Morgan fingerprint density at radius 2 is 1.93 bits per heavy atom. The van der Waals surface area contributed by atoms with Crippen LogP contribution in [0.2, 0.25) is 0 Å². The molecule has 0 fully saturated rings. The van der Waals surface area contributed by atoms with Gasteiger partial charge in [0.05, 0.1) is 12.7 Å². The molecule has 0 spiro atoms. The lowest BCUT2D eigenvalue weighted by Gasteiger charge is -2.29. The lowest BCUT2D eigenvalue weighted by molar-refractivity contribution is -0.155. The Kier molecular flexibility index (Phi) is 5.35. The van der Waals surface area contributed by atoms with Gasteiger partial charge in [-0.1, -0.05) is 27.7 Å². The molecule has 3 nitrogen and oxygen atoms in total. The largest absolute Gasteiger partial charge is 0.465 e. The lowest BCUT2D eigenvalue weighted by Crippen LogP contribution is -2.38. The summed E-state index contributed by atoms with van der Waals surface area (Å²) in [6.45, 7) is 9.88. The van der Waals surface area contributed by atoms with Gasteiger partial charge in [-0.25, -0.2) is 0 Å². The van der Waals surface area contributed by atoms with E-state index in [2.05, 4.69) is 6.07 Å². The first-order valence-electron chi connectivity index (χ1n) is 5.49. The van der Waals surface area contributed by atoms with Crippen molar-refractivity contribution in [3.63, 3.8) is 0 Å². The molecule has 86 valence electrons. The van der Waals surface area contributed by atoms with Crippen molar-refractivity contribution in [3.05, 3.63) is 0 Å². The predicted octanol–water partition coefficient (Wildman–Crippen LogP) is 2.76. The Balaban J connectivity index is 4.99. The third-order valence-corrected chi connectivity index (χ3v) is 2.56.